The van der Waals surface area contributed by atoms with Crippen LogP contribution in [-0.2, 0) is 20.8 Å². The SMILES string of the molecule is COCCN(/C=C(/C#N)C(=O)N(Cc1ccccc1)C(C)C)CCOC. The number of methoxy groups -OCH3 is 2. The van der Waals surface area contributed by atoms with Crippen molar-refractivity contribution in [3.05, 3.63) is 47.7 Å². The van der Waals surface area contributed by atoms with Gasteiger partial charge in [-0.2, -0.15) is 5.26 Å². The Kier molecular flexibility index (Phi) is 10.1. The summed E-state index contributed by atoms with van der Waals surface area (Å²) in [6.07, 6.45) is 1.61. The molecule has 0 aliphatic heterocycles. The Morgan fingerprint density at radius 3 is 2.19 bits per heavy atom. The molecule has 0 aromatic heterocycles. The zero-order valence-corrected chi connectivity index (χ0v) is 16.1. The van der Waals surface area contributed by atoms with E-state index in [9.17, 15) is 10.1 Å². The Hall–Kier alpha value is -2.36. The van der Waals surface area contributed by atoms with Crippen LogP contribution in [0.2, 0.25) is 0 Å². The van der Waals surface area contributed by atoms with Crippen molar-refractivity contribution in [2.75, 3.05) is 40.5 Å². The summed E-state index contributed by atoms with van der Waals surface area (Å²) in [5.74, 6) is -0.272. The molecule has 0 bridgehead atoms. The van der Waals surface area contributed by atoms with Crippen molar-refractivity contribution in [3.8, 4) is 6.07 Å². The lowest BCUT2D eigenvalue weighted by Crippen LogP contribution is -2.38. The number of hydrogen-bond donors (Lipinski definition) is 0. The van der Waals surface area contributed by atoms with Gasteiger partial charge in [-0.3, -0.25) is 4.79 Å². The van der Waals surface area contributed by atoms with Crippen LogP contribution in [0, 0.1) is 11.3 Å². The van der Waals surface area contributed by atoms with Crippen molar-refractivity contribution in [1.82, 2.24) is 9.80 Å². The largest absolute Gasteiger partial charge is 0.383 e. The van der Waals surface area contributed by atoms with Crippen molar-refractivity contribution < 1.29 is 14.3 Å². The number of carbonyl (C=O) groups is 1. The molecule has 1 amide bonds. The Labute approximate surface area is 156 Å². The van der Waals surface area contributed by atoms with Gasteiger partial charge in [0.05, 0.1) is 13.2 Å². The molecule has 0 aliphatic rings. The zero-order chi connectivity index (χ0) is 19.4. The molecule has 6 heteroatoms. The fourth-order valence-electron chi connectivity index (χ4n) is 2.40. The van der Waals surface area contributed by atoms with Crippen LogP contribution in [0.25, 0.3) is 0 Å². The van der Waals surface area contributed by atoms with Gasteiger partial charge in [0.25, 0.3) is 5.91 Å². The molecular formula is C20H29N3O3. The maximum Gasteiger partial charge on any atom is 0.266 e. The highest BCUT2D eigenvalue weighted by Gasteiger charge is 2.22. The molecule has 142 valence electrons. The van der Waals surface area contributed by atoms with E-state index in [0.29, 0.717) is 32.8 Å². The van der Waals surface area contributed by atoms with Gasteiger partial charge in [0, 0.05) is 46.1 Å². The summed E-state index contributed by atoms with van der Waals surface area (Å²) in [4.78, 5) is 16.5. The summed E-state index contributed by atoms with van der Waals surface area (Å²) in [6, 6.07) is 11.8. The lowest BCUT2D eigenvalue weighted by Gasteiger charge is -2.27. The number of rotatable bonds is 11. The average molecular weight is 359 g/mol. The van der Waals surface area contributed by atoms with Crippen molar-refractivity contribution >= 4 is 5.91 Å². The van der Waals surface area contributed by atoms with Gasteiger partial charge in [0.2, 0.25) is 0 Å². The average Bonchev–Trinajstić information content (AvgIpc) is 2.65. The van der Waals surface area contributed by atoms with Crippen molar-refractivity contribution in [3.63, 3.8) is 0 Å². The molecule has 1 aromatic rings. The second-order valence-corrected chi connectivity index (χ2v) is 6.19. The molecule has 0 fully saturated rings. The van der Waals surface area contributed by atoms with E-state index >= 15 is 0 Å². The molecule has 0 unspecified atom stereocenters. The minimum absolute atomic E-state index is 0.0224. The molecular weight excluding hydrogens is 330 g/mol. The topological polar surface area (TPSA) is 65.8 Å². The van der Waals surface area contributed by atoms with E-state index in [-0.39, 0.29) is 17.5 Å². The van der Waals surface area contributed by atoms with E-state index in [1.807, 2.05) is 49.1 Å². The number of nitrogens with zero attached hydrogens (tertiary/aromatic N) is 3. The maximum atomic E-state index is 12.9. The fourth-order valence-corrected chi connectivity index (χ4v) is 2.40. The minimum atomic E-state index is -0.272. The first-order chi connectivity index (χ1) is 12.5. The first kappa shape index (κ1) is 21.7. The van der Waals surface area contributed by atoms with Gasteiger partial charge in [-0.1, -0.05) is 30.3 Å². The predicted octanol–water partition coefficient (Wildman–Crippen LogP) is 2.43. The van der Waals surface area contributed by atoms with Crippen molar-refractivity contribution in [2.45, 2.75) is 26.4 Å². The summed E-state index contributed by atoms with van der Waals surface area (Å²) < 4.78 is 10.2. The van der Waals surface area contributed by atoms with E-state index in [4.69, 9.17) is 9.47 Å². The number of nitriles is 1. The molecule has 0 saturated heterocycles. The first-order valence-electron chi connectivity index (χ1n) is 8.72. The molecule has 0 atom stereocenters. The monoisotopic (exact) mass is 359 g/mol. The fraction of sp³-hybridized carbons (Fsp3) is 0.500. The number of benzene rings is 1. The molecule has 0 saturated carbocycles. The third kappa shape index (κ3) is 7.26. The van der Waals surface area contributed by atoms with Crippen LogP contribution in [0.5, 0.6) is 0 Å². The van der Waals surface area contributed by atoms with Crippen LogP contribution >= 0.6 is 0 Å². The zero-order valence-electron chi connectivity index (χ0n) is 16.1. The molecule has 0 heterocycles. The molecule has 1 aromatic carbocycles. The number of hydrogen-bond acceptors (Lipinski definition) is 5. The summed E-state index contributed by atoms with van der Waals surface area (Å²) in [7, 11) is 3.24. The van der Waals surface area contributed by atoms with Crippen LogP contribution < -0.4 is 0 Å². The Morgan fingerprint density at radius 2 is 1.73 bits per heavy atom. The van der Waals surface area contributed by atoms with E-state index in [1.54, 1.807) is 25.3 Å². The lowest BCUT2D eigenvalue weighted by atomic mass is 10.1. The van der Waals surface area contributed by atoms with E-state index < -0.39 is 0 Å². The van der Waals surface area contributed by atoms with Gasteiger partial charge in [-0.05, 0) is 19.4 Å². The van der Waals surface area contributed by atoms with E-state index in [0.717, 1.165) is 5.56 Å². The highest BCUT2D eigenvalue weighted by atomic mass is 16.5. The molecule has 6 nitrogen and oxygen atoms in total. The predicted molar refractivity (Wildman–Crippen MR) is 101 cm³/mol. The smallest absolute Gasteiger partial charge is 0.266 e. The third-order valence-electron chi connectivity index (χ3n) is 3.91. The van der Waals surface area contributed by atoms with Gasteiger partial charge < -0.3 is 19.3 Å². The Balaban J connectivity index is 2.98. The highest BCUT2D eigenvalue weighted by molar-refractivity contribution is 5.97. The highest BCUT2D eigenvalue weighted by Crippen LogP contribution is 2.13. The van der Waals surface area contributed by atoms with Crippen LogP contribution in [0.4, 0.5) is 0 Å². The van der Waals surface area contributed by atoms with Gasteiger partial charge in [0.1, 0.15) is 11.6 Å². The van der Waals surface area contributed by atoms with Crippen molar-refractivity contribution in [1.29, 1.82) is 5.26 Å². The van der Waals surface area contributed by atoms with Crippen molar-refractivity contribution in [2.24, 2.45) is 0 Å². The van der Waals surface area contributed by atoms with Gasteiger partial charge in [-0.25, -0.2) is 0 Å². The Bertz CT molecular complexity index is 600. The second-order valence-electron chi connectivity index (χ2n) is 6.19. The minimum Gasteiger partial charge on any atom is -0.383 e. The number of ether oxygens (including phenoxy) is 2. The Morgan fingerprint density at radius 1 is 1.15 bits per heavy atom. The van der Waals surface area contributed by atoms with Crippen LogP contribution in [-0.4, -0.2) is 62.3 Å². The van der Waals surface area contributed by atoms with Gasteiger partial charge >= 0.3 is 0 Å². The quantitative estimate of drug-likeness (QED) is 0.448. The third-order valence-corrected chi connectivity index (χ3v) is 3.91. The number of amides is 1. The molecule has 0 aliphatic carbocycles. The summed E-state index contributed by atoms with van der Waals surface area (Å²) in [5.41, 5.74) is 1.14. The van der Waals surface area contributed by atoms with Gasteiger partial charge in [0.15, 0.2) is 0 Å². The summed E-state index contributed by atoms with van der Waals surface area (Å²) in [6.45, 7) is 6.53. The number of carbonyl (C=O) groups excluding carboxylic acids is 1. The van der Waals surface area contributed by atoms with E-state index in [1.165, 1.54) is 0 Å². The molecule has 0 spiro atoms. The lowest BCUT2D eigenvalue weighted by molar-refractivity contribution is -0.129. The molecule has 1 rings (SSSR count). The normalized spacial score (nSPS) is 11.3. The summed E-state index contributed by atoms with van der Waals surface area (Å²) >= 11 is 0. The molecule has 26 heavy (non-hydrogen) atoms. The molecule has 0 radical (unpaired) electrons. The standard InChI is InChI=1S/C20H29N3O3/c1-17(2)23(15-18-8-6-5-7-9-18)20(24)19(14-21)16-22(10-12-25-3)11-13-26-4/h5-9,16-17H,10-13,15H2,1-4H3/b19-16-. The maximum absolute atomic E-state index is 12.9. The van der Waals surface area contributed by atoms with E-state index in [2.05, 4.69) is 6.07 Å². The second kappa shape index (κ2) is 12.1. The molecule has 0 N–H and O–H groups in total. The first-order valence-corrected chi connectivity index (χ1v) is 8.72. The van der Waals surface area contributed by atoms with Crippen LogP contribution in [0.1, 0.15) is 19.4 Å². The van der Waals surface area contributed by atoms with Crippen LogP contribution in [0.15, 0.2) is 42.1 Å². The van der Waals surface area contributed by atoms with Gasteiger partial charge in [-0.15, -0.1) is 0 Å². The van der Waals surface area contributed by atoms with Crippen LogP contribution in [0.3, 0.4) is 0 Å². The summed E-state index contributed by atoms with van der Waals surface area (Å²) in [5, 5.41) is 9.54.